The fraction of sp³-hybridized carbons (Fsp3) is 0.842. The lowest BCUT2D eigenvalue weighted by Gasteiger charge is -2.37. The fourth-order valence-electron chi connectivity index (χ4n) is 2.65. The van der Waals surface area contributed by atoms with Gasteiger partial charge in [-0.25, -0.2) is 0 Å². The number of halogens is 6. The average Bonchev–Trinajstić information content (AvgIpc) is 2.65. The normalized spacial score (nSPS) is 30.3. The second-order valence-electron chi connectivity index (χ2n) is 6.86. The van der Waals surface area contributed by atoms with Crippen LogP contribution in [0.3, 0.4) is 0 Å². The molecule has 0 aromatic rings. The van der Waals surface area contributed by atoms with Gasteiger partial charge in [-0.05, 0) is 12.8 Å². The predicted octanol–water partition coefficient (Wildman–Crippen LogP) is 7.20. The lowest BCUT2D eigenvalue weighted by molar-refractivity contribution is -0.114. The minimum Gasteiger partial charge on any atom is -0.366 e. The second-order valence-corrected chi connectivity index (χ2v) is 9.88. The number of amides is 1. The van der Waals surface area contributed by atoms with E-state index < -0.39 is 32.3 Å². The molecule has 2 nitrogen and oxygen atoms in total. The van der Waals surface area contributed by atoms with E-state index in [-0.39, 0.29) is 5.91 Å². The summed E-state index contributed by atoms with van der Waals surface area (Å²) in [6, 6.07) is 0. The lowest BCUT2D eigenvalue weighted by Crippen LogP contribution is -2.52. The van der Waals surface area contributed by atoms with Crippen LogP contribution in [0.1, 0.15) is 64.7 Å². The van der Waals surface area contributed by atoms with Crippen molar-refractivity contribution >= 4 is 75.5 Å². The molecule has 0 aromatic carbocycles. The summed E-state index contributed by atoms with van der Waals surface area (Å²) in [4.78, 5) is 10.7. The smallest absolute Gasteiger partial charge is 0.244 e. The van der Waals surface area contributed by atoms with Crippen molar-refractivity contribution in [3.8, 4) is 0 Å². The number of hydrogen-bond acceptors (Lipinski definition) is 1. The summed E-state index contributed by atoms with van der Waals surface area (Å²) in [5.41, 5.74) is 5.66. The van der Waals surface area contributed by atoms with E-state index in [1.807, 2.05) is 0 Å². The molecular formula is C19H31Cl6NO. The Morgan fingerprint density at radius 1 is 0.704 bits per heavy atom. The Morgan fingerprint density at radius 3 is 1.30 bits per heavy atom. The van der Waals surface area contributed by atoms with Crippen molar-refractivity contribution in [1.29, 1.82) is 0 Å². The average molecular weight is 502 g/mol. The van der Waals surface area contributed by atoms with Crippen molar-refractivity contribution in [2.24, 2.45) is 5.73 Å². The van der Waals surface area contributed by atoms with Crippen LogP contribution >= 0.6 is 69.6 Å². The highest BCUT2D eigenvalue weighted by Gasteiger charge is 2.46. The number of nitrogens with two attached hydrogens (primary N) is 1. The molecule has 0 unspecified atom stereocenters. The maximum atomic E-state index is 10.7. The largest absolute Gasteiger partial charge is 0.366 e. The van der Waals surface area contributed by atoms with Crippen LogP contribution in [0.4, 0.5) is 0 Å². The summed E-state index contributed by atoms with van der Waals surface area (Å²) in [6.45, 7) is 5.87. The first-order valence-corrected chi connectivity index (χ1v) is 12.1. The van der Waals surface area contributed by atoms with E-state index in [4.69, 9.17) is 75.3 Å². The highest BCUT2D eigenvalue weighted by atomic mass is 35.5. The van der Waals surface area contributed by atoms with Crippen molar-refractivity contribution < 1.29 is 4.79 Å². The van der Waals surface area contributed by atoms with Crippen molar-refractivity contribution in [3.05, 3.63) is 12.2 Å². The van der Waals surface area contributed by atoms with Gasteiger partial charge in [0.25, 0.3) is 0 Å². The van der Waals surface area contributed by atoms with Crippen LogP contribution in [0.2, 0.25) is 0 Å². The first-order chi connectivity index (χ1) is 12.6. The molecule has 1 aliphatic carbocycles. The molecule has 1 saturated carbocycles. The standard InChI is InChI=1S/C13H25NO.C6H6Cl6/c1-3-4-5-6-7-8-9-10-11-12(2)13(14)15;7-1-2(8)4(10)6(12)5(11)3(1)9/h2-11H2,1H3,(H2,14,15);1-6H. The molecule has 0 radical (unpaired) electrons. The van der Waals surface area contributed by atoms with Crippen molar-refractivity contribution in [3.63, 3.8) is 0 Å². The molecule has 8 heteroatoms. The molecule has 2 N–H and O–H groups in total. The molecule has 27 heavy (non-hydrogen) atoms. The molecule has 0 spiro atoms. The highest BCUT2D eigenvalue weighted by Crippen LogP contribution is 2.39. The topological polar surface area (TPSA) is 43.1 Å². The molecule has 0 aromatic heterocycles. The van der Waals surface area contributed by atoms with Gasteiger partial charge in [0.2, 0.25) is 5.91 Å². The van der Waals surface area contributed by atoms with E-state index in [9.17, 15) is 4.79 Å². The number of carbonyl (C=O) groups is 1. The van der Waals surface area contributed by atoms with Gasteiger partial charge in [0, 0.05) is 5.57 Å². The SMILES string of the molecule is C=C(CCCCCCCCCC)C(N)=O.ClC1C(Cl)C(Cl)C(Cl)C(Cl)C1Cl. The van der Waals surface area contributed by atoms with Crippen LogP contribution in [0.5, 0.6) is 0 Å². The van der Waals surface area contributed by atoms with Crippen molar-refractivity contribution in [2.75, 3.05) is 0 Å². The molecule has 0 aliphatic heterocycles. The minimum absolute atomic E-state index is 0.349. The van der Waals surface area contributed by atoms with Crippen LogP contribution in [-0.2, 0) is 4.79 Å². The van der Waals surface area contributed by atoms with Gasteiger partial charge in [-0.15, -0.1) is 69.6 Å². The summed E-state index contributed by atoms with van der Waals surface area (Å²) >= 11 is 35.3. The summed E-state index contributed by atoms with van der Waals surface area (Å²) in [5.74, 6) is -0.349. The fourth-order valence-corrected chi connectivity index (χ4v) is 4.98. The number of alkyl halides is 6. The Balaban J connectivity index is 0.000000511. The van der Waals surface area contributed by atoms with Crippen LogP contribution in [-0.4, -0.2) is 38.2 Å². The van der Waals surface area contributed by atoms with E-state index in [1.165, 1.54) is 44.9 Å². The van der Waals surface area contributed by atoms with Crippen LogP contribution < -0.4 is 5.73 Å². The molecule has 0 heterocycles. The van der Waals surface area contributed by atoms with Crippen LogP contribution in [0.25, 0.3) is 0 Å². The zero-order valence-electron chi connectivity index (χ0n) is 15.8. The van der Waals surface area contributed by atoms with E-state index in [1.54, 1.807) is 0 Å². The van der Waals surface area contributed by atoms with Gasteiger partial charge in [-0.2, -0.15) is 0 Å². The molecular weight excluding hydrogens is 471 g/mol. The Bertz CT molecular complexity index is 378. The number of primary amides is 1. The first kappa shape index (κ1) is 27.9. The van der Waals surface area contributed by atoms with Crippen molar-refractivity contribution in [2.45, 2.75) is 97.0 Å². The number of unbranched alkanes of at least 4 members (excludes halogenated alkanes) is 7. The molecule has 0 atom stereocenters. The highest BCUT2D eigenvalue weighted by molar-refractivity contribution is 6.45. The van der Waals surface area contributed by atoms with Gasteiger partial charge in [0.1, 0.15) is 0 Å². The summed E-state index contributed by atoms with van der Waals surface area (Å²) in [7, 11) is 0. The molecule has 1 aliphatic rings. The Morgan fingerprint density at radius 2 is 1.00 bits per heavy atom. The van der Waals surface area contributed by atoms with E-state index in [2.05, 4.69) is 13.5 Å². The Hall–Kier alpha value is 0.950. The van der Waals surface area contributed by atoms with E-state index in [0.717, 1.165) is 12.8 Å². The predicted molar refractivity (Wildman–Crippen MR) is 123 cm³/mol. The third kappa shape index (κ3) is 11.1. The van der Waals surface area contributed by atoms with Gasteiger partial charge >= 0.3 is 0 Å². The number of rotatable bonds is 10. The Labute approximate surface area is 194 Å². The quantitative estimate of drug-likeness (QED) is 0.192. The minimum atomic E-state index is -0.437. The lowest BCUT2D eigenvalue weighted by atomic mass is 9.97. The van der Waals surface area contributed by atoms with Gasteiger partial charge in [0.15, 0.2) is 0 Å². The Kier molecular flexibility index (Phi) is 16.3. The monoisotopic (exact) mass is 499 g/mol. The molecule has 0 bridgehead atoms. The molecule has 1 amide bonds. The first-order valence-electron chi connectivity index (χ1n) is 9.47. The number of hydrogen-bond donors (Lipinski definition) is 1. The summed E-state index contributed by atoms with van der Waals surface area (Å²) < 4.78 is 0. The van der Waals surface area contributed by atoms with Crippen LogP contribution in [0, 0.1) is 0 Å². The molecule has 160 valence electrons. The van der Waals surface area contributed by atoms with E-state index >= 15 is 0 Å². The maximum Gasteiger partial charge on any atom is 0.244 e. The van der Waals surface area contributed by atoms with Gasteiger partial charge in [-0.1, -0.05) is 58.4 Å². The zero-order chi connectivity index (χ0) is 21.0. The van der Waals surface area contributed by atoms with Gasteiger partial charge in [0.05, 0.1) is 32.3 Å². The van der Waals surface area contributed by atoms with E-state index in [0.29, 0.717) is 5.57 Å². The van der Waals surface area contributed by atoms with Crippen molar-refractivity contribution in [1.82, 2.24) is 0 Å². The molecule has 0 saturated heterocycles. The van der Waals surface area contributed by atoms with Gasteiger partial charge in [-0.3, -0.25) is 4.79 Å². The third-order valence-corrected chi connectivity index (χ3v) is 8.54. The maximum absolute atomic E-state index is 10.7. The van der Waals surface area contributed by atoms with Crippen LogP contribution in [0.15, 0.2) is 12.2 Å². The molecule has 1 rings (SSSR count). The second kappa shape index (κ2) is 15.7. The number of carbonyl (C=O) groups excluding carboxylic acids is 1. The molecule has 1 fully saturated rings. The summed E-state index contributed by atoms with van der Waals surface area (Å²) in [6.07, 6.45) is 11.0. The zero-order valence-corrected chi connectivity index (χ0v) is 20.3. The van der Waals surface area contributed by atoms with Gasteiger partial charge < -0.3 is 5.73 Å². The summed E-state index contributed by atoms with van der Waals surface area (Å²) in [5, 5.41) is -2.62. The third-order valence-electron chi connectivity index (χ3n) is 4.51.